The number of rotatable bonds is 8. The first-order valence-corrected chi connectivity index (χ1v) is 15.4. The molecule has 8 heteroatoms. The zero-order valence-corrected chi connectivity index (χ0v) is 24.3. The minimum Gasteiger partial charge on any atom is -0.493 e. The number of benzene rings is 3. The number of hydrogen-bond acceptors (Lipinski definition) is 6. The molecule has 1 amide bonds. The number of amides is 1. The predicted octanol–water partition coefficient (Wildman–Crippen LogP) is 6.15. The number of aliphatic hydroxyl groups is 1. The van der Waals surface area contributed by atoms with Crippen LogP contribution in [-0.2, 0) is 21.2 Å². The van der Waals surface area contributed by atoms with Gasteiger partial charge in [-0.15, -0.1) is 0 Å². The van der Waals surface area contributed by atoms with Crippen LogP contribution in [0.2, 0.25) is 0 Å². The second-order valence-electron chi connectivity index (χ2n) is 11.6. The minimum atomic E-state index is -3.58. The molecule has 3 aromatic carbocycles. The summed E-state index contributed by atoms with van der Waals surface area (Å²) in [5.41, 5.74) is 7.25. The lowest BCUT2D eigenvalue weighted by Crippen LogP contribution is -2.40. The molecular formula is C33H41NO6S. The Kier molecular flexibility index (Phi) is 8.85. The van der Waals surface area contributed by atoms with Crippen LogP contribution in [0.5, 0.6) is 11.5 Å². The van der Waals surface area contributed by atoms with Crippen LogP contribution in [0.1, 0.15) is 80.4 Å². The van der Waals surface area contributed by atoms with Gasteiger partial charge in [-0.05, 0) is 104 Å². The smallest absolute Gasteiger partial charge is 0.235 e. The van der Waals surface area contributed by atoms with Crippen molar-refractivity contribution in [3.05, 3.63) is 82.4 Å². The summed E-state index contributed by atoms with van der Waals surface area (Å²) in [7, 11) is -3.58. The van der Waals surface area contributed by atoms with Gasteiger partial charge in [0.05, 0.1) is 18.0 Å². The largest absolute Gasteiger partial charge is 0.493 e. The van der Waals surface area contributed by atoms with Crippen LogP contribution in [0.25, 0.3) is 11.1 Å². The third kappa shape index (κ3) is 7.11. The Hall–Kier alpha value is -3.36. The van der Waals surface area contributed by atoms with Gasteiger partial charge in [0.25, 0.3) is 0 Å². The number of ether oxygens (including phenoxy) is 2. The number of fused-ring (bicyclic) bond motifs is 1. The fourth-order valence-electron chi connectivity index (χ4n) is 5.82. The quantitative estimate of drug-likeness (QED) is 0.332. The van der Waals surface area contributed by atoms with Crippen LogP contribution in [0.3, 0.4) is 0 Å². The molecule has 1 aliphatic heterocycles. The molecule has 0 aromatic heterocycles. The second kappa shape index (κ2) is 11.9. The summed E-state index contributed by atoms with van der Waals surface area (Å²) in [4.78, 5) is 11.8. The van der Waals surface area contributed by atoms with E-state index in [9.17, 15) is 18.3 Å². The van der Waals surface area contributed by atoms with Crippen LogP contribution in [0, 0.1) is 13.8 Å². The van der Waals surface area contributed by atoms with Crippen LogP contribution in [0.4, 0.5) is 0 Å². The Labute approximate surface area is 244 Å². The molecule has 0 bridgehead atoms. The van der Waals surface area contributed by atoms with E-state index in [1.165, 1.54) is 22.3 Å². The molecule has 2 N–H and O–H groups in total. The molecule has 1 fully saturated rings. The molecule has 7 nitrogen and oxygen atoms in total. The maximum absolute atomic E-state index is 12.0. The van der Waals surface area contributed by atoms with Gasteiger partial charge in [-0.2, -0.15) is 0 Å². The highest BCUT2D eigenvalue weighted by atomic mass is 32.2. The molecule has 220 valence electrons. The maximum Gasteiger partial charge on any atom is 0.235 e. The molecule has 1 aliphatic carbocycles. The number of nitrogens with one attached hydrogen (secondary N) is 1. The van der Waals surface area contributed by atoms with Crippen molar-refractivity contribution < 1.29 is 27.8 Å². The standard InChI is InChI=1S/C32H37NO6S.CH4/c1-20-16-25(38-15-14-32(3,4)35)17-21(2)31(20)28-7-5-6-27-26(28)12-13-29(27)39-24-10-8-22(9-11-24)23-18-30(34)33-40(36,37)19-23;/h5-11,16-17,23,29,35H,12-15,18-19H2,1-4H3,(H,33,34);1H4/t23?,29-;/m1./s1. The van der Waals surface area contributed by atoms with E-state index in [-0.39, 0.29) is 31.6 Å². The predicted molar refractivity (Wildman–Crippen MR) is 162 cm³/mol. The van der Waals surface area contributed by atoms with Crippen molar-refractivity contribution in [1.29, 1.82) is 0 Å². The monoisotopic (exact) mass is 579 g/mol. The van der Waals surface area contributed by atoms with Gasteiger partial charge in [-0.1, -0.05) is 37.8 Å². The van der Waals surface area contributed by atoms with E-state index in [0.29, 0.717) is 13.0 Å². The minimum absolute atomic E-state index is 0. The summed E-state index contributed by atoms with van der Waals surface area (Å²) in [5.74, 6) is 0.618. The molecule has 1 unspecified atom stereocenters. The van der Waals surface area contributed by atoms with E-state index < -0.39 is 21.5 Å². The average Bonchev–Trinajstić information content (AvgIpc) is 3.25. The van der Waals surface area contributed by atoms with Gasteiger partial charge in [0.1, 0.15) is 17.6 Å². The molecule has 0 radical (unpaired) electrons. The molecule has 5 rings (SSSR count). The number of sulfonamides is 1. The zero-order valence-electron chi connectivity index (χ0n) is 23.5. The first kappa shape index (κ1) is 30.6. The Morgan fingerprint density at radius 3 is 2.34 bits per heavy atom. The van der Waals surface area contributed by atoms with Crippen molar-refractivity contribution in [3.63, 3.8) is 0 Å². The van der Waals surface area contributed by atoms with Gasteiger partial charge in [0, 0.05) is 18.8 Å². The summed E-state index contributed by atoms with van der Waals surface area (Å²) in [6.07, 6.45) is 2.41. The van der Waals surface area contributed by atoms with Gasteiger partial charge in [-0.25, -0.2) is 8.42 Å². The van der Waals surface area contributed by atoms with Gasteiger partial charge in [-0.3, -0.25) is 9.52 Å². The van der Waals surface area contributed by atoms with E-state index in [2.05, 4.69) is 48.9 Å². The van der Waals surface area contributed by atoms with E-state index in [1.54, 1.807) is 13.8 Å². The Morgan fingerprint density at radius 1 is 1.02 bits per heavy atom. The lowest BCUT2D eigenvalue weighted by atomic mass is 9.90. The second-order valence-corrected chi connectivity index (χ2v) is 13.4. The third-order valence-corrected chi connectivity index (χ3v) is 9.11. The molecule has 1 saturated heterocycles. The van der Waals surface area contributed by atoms with Crippen LogP contribution >= 0.6 is 0 Å². The van der Waals surface area contributed by atoms with Crippen molar-refractivity contribution in [2.45, 2.75) is 78.4 Å². The highest BCUT2D eigenvalue weighted by molar-refractivity contribution is 7.90. The first-order valence-electron chi connectivity index (χ1n) is 13.8. The SMILES string of the molecule is C.Cc1cc(OCCC(C)(C)O)cc(C)c1-c1cccc2c1CC[C@H]2Oc1ccc(C2CC(=O)NS(=O)(=O)C2)cc1. The highest BCUT2D eigenvalue weighted by Crippen LogP contribution is 2.42. The van der Waals surface area contributed by atoms with E-state index in [4.69, 9.17) is 9.47 Å². The molecule has 3 aromatic rings. The van der Waals surface area contributed by atoms with Gasteiger partial charge >= 0.3 is 0 Å². The molecule has 0 saturated carbocycles. The Morgan fingerprint density at radius 2 is 1.71 bits per heavy atom. The van der Waals surface area contributed by atoms with Gasteiger partial charge in [0.2, 0.25) is 15.9 Å². The van der Waals surface area contributed by atoms with E-state index >= 15 is 0 Å². The summed E-state index contributed by atoms with van der Waals surface area (Å²) in [6, 6.07) is 18.0. The molecule has 0 spiro atoms. The topological polar surface area (TPSA) is 102 Å². The average molecular weight is 580 g/mol. The van der Waals surface area contributed by atoms with Crippen LogP contribution < -0.4 is 14.2 Å². The first-order chi connectivity index (χ1) is 18.9. The maximum atomic E-state index is 12.0. The van der Waals surface area contributed by atoms with Gasteiger partial charge in [0.15, 0.2) is 0 Å². The number of carbonyl (C=O) groups excluding carboxylic acids is 1. The fourth-order valence-corrected chi connectivity index (χ4v) is 7.18. The van der Waals surface area contributed by atoms with E-state index in [0.717, 1.165) is 41.0 Å². The fraction of sp³-hybridized carbons (Fsp3) is 0.424. The van der Waals surface area contributed by atoms with Crippen molar-refractivity contribution in [2.75, 3.05) is 12.4 Å². The molecule has 2 atom stereocenters. The van der Waals surface area contributed by atoms with Crippen molar-refractivity contribution >= 4 is 15.9 Å². The number of hydrogen-bond donors (Lipinski definition) is 2. The van der Waals surface area contributed by atoms with Crippen molar-refractivity contribution in [1.82, 2.24) is 4.72 Å². The summed E-state index contributed by atoms with van der Waals surface area (Å²) in [6.45, 7) is 8.24. The summed E-state index contributed by atoms with van der Waals surface area (Å²) in [5, 5.41) is 9.97. The van der Waals surface area contributed by atoms with Crippen molar-refractivity contribution in [3.8, 4) is 22.6 Å². The zero-order chi connectivity index (χ0) is 28.7. The molecule has 41 heavy (non-hydrogen) atoms. The number of carbonyl (C=O) groups is 1. The van der Waals surface area contributed by atoms with Gasteiger partial charge < -0.3 is 14.6 Å². The molecule has 1 heterocycles. The molecular weight excluding hydrogens is 538 g/mol. The summed E-state index contributed by atoms with van der Waals surface area (Å²) >= 11 is 0. The lowest BCUT2D eigenvalue weighted by Gasteiger charge is -2.23. The van der Waals surface area contributed by atoms with Crippen LogP contribution in [0.15, 0.2) is 54.6 Å². The lowest BCUT2D eigenvalue weighted by molar-refractivity contribution is -0.119. The van der Waals surface area contributed by atoms with Crippen LogP contribution in [-0.4, -0.2) is 37.4 Å². The van der Waals surface area contributed by atoms with E-state index in [1.807, 2.05) is 24.3 Å². The normalized spacial score (nSPS) is 19.6. The van der Waals surface area contributed by atoms with Crippen molar-refractivity contribution in [2.24, 2.45) is 0 Å². The Bertz CT molecular complexity index is 1500. The molecule has 2 aliphatic rings. The Balaban J connectivity index is 0.00000387. The highest BCUT2D eigenvalue weighted by Gasteiger charge is 2.31. The third-order valence-electron chi connectivity index (χ3n) is 7.73. The summed E-state index contributed by atoms with van der Waals surface area (Å²) < 4.78 is 38.3. The number of aryl methyl sites for hydroxylation is 2.